The first-order valence-electron chi connectivity index (χ1n) is 8.21. The molecule has 0 aliphatic carbocycles. The Morgan fingerprint density at radius 1 is 1.35 bits per heavy atom. The smallest absolute Gasteiger partial charge is 0.270 e. The Morgan fingerprint density at radius 2 is 2.08 bits per heavy atom. The molecule has 2 heterocycles. The molecule has 1 spiro atoms. The number of nitrogens with zero attached hydrogens (tertiary/aromatic N) is 3. The summed E-state index contributed by atoms with van der Waals surface area (Å²) in [5.41, 5.74) is 1.34. The molecule has 3 amide bonds. The quantitative estimate of drug-likeness (QED) is 0.865. The highest BCUT2D eigenvalue weighted by atomic mass is 32.2. The number of hydrogen-bond acceptors (Lipinski definition) is 6. The molecule has 0 bridgehead atoms. The van der Waals surface area contributed by atoms with Gasteiger partial charge in [0.15, 0.2) is 5.17 Å². The number of methoxy groups -OCH3 is 1. The van der Waals surface area contributed by atoms with Gasteiger partial charge in [-0.25, -0.2) is 0 Å². The summed E-state index contributed by atoms with van der Waals surface area (Å²) >= 11 is 1.06. The van der Waals surface area contributed by atoms with E-state index in [4.69, 9.17) is 4.74 Å². The van der Waals surface area contributed by atoms with E-state index in [0.717, 1.165) is 28.9 Å². The van der Waals surface area contributed by atoms with Crippen molar-refractivity contribution < 1.29 is 19.1 Å². The minimum absolute atomic E-state index is 0.216. The Morgan fingerprint density at radius 3 is 2.65 bits per heavy atom. The minimum Gasteiger partial charge on any atom is -0.497 e. The molecule has 0 radical (unpaired) electrons. The molecule has 1 atom stereocenters. The molecule has 2 aliphatic heterocycles. The molecule has 0 fully saturated rings. The van der Waals surface area contributed by atoms with Crippen LogP contribution < -0.4 is 15.0 Å². The van der Waals surface area contributed by atoms with Crippen molar-refractivity contribution in [2.75, 3.05) is 18.6 Å². The van der Waals surface area contributed by atoms with Gasteiger partial charge in [0.25, 0.3) is 5.91 Å². The van der Waals surface area contributed by atoms with Crippen molar-refractivity contribution in [3.8, 4) is 5.75 Å². The average Bonchev–Trinajstić information content (AvgIpc) is 3.07. The fourth-order valence-electron chi connectivity index (χ4n) is 3.16. The summed E-state index contributed by atoms with van der Waals surface area (Å²) < 4.78 is 5.31. The highest BCUT2D eigenvalue weighted by Crippen LogP contribution is 2.55. The van der Waals surface area contributed by atoms with Crippen molar-refractivity contribution in [2.45, 2.75) is 32.1 Å². The maximum Gasteiger partial charge on any atom is 0.270 e. The summed E-state index contributed by atoms with van der Waals surface area (Å²) in [4.78, 5) is 37.4. The molecule has 0 saturated carbocycles. The van der Waals surface area contributed by atoms with Gasteiger partial charge >= 0.3 is 0 Å². The van der Waals surface area contributed by atoms with Crippen molar-refractivity contribution in [1.29, 1.82) is 0 Å². The van der Waals surface area contributed by atoms with Gasteiger partial charge in [-0.1, -0.05) is 6.92 Å². The Balaban J connectivity index is 2.18. The number of nitrogens with one attached hydrogen (secondary N) is 1. The van der Waals surface area contributed by atoms with Gasteiger partial charge < -0.3 is 15.0 Å². The van der Waals surface area contributed by atoms with E-state index < -0.39 is 10.8 Å². The Kier molecular flexibility index (Phi) is 4.66. The average molecular weight is 376 g/mol. The molecular formula is C17H20N4O4S. The SMILES string of the molecule is CCCN1C(=O)[C@@]2(SC(NC(C)=O)=NN2C(C)=O)c2cc(OC)ccc21. The molecule has 3 rings (SSSR count). The summed E-state index contributed by atoms with van der Waals surface area (Å²) in [6.07, 6.45) is 0.761. The fourth-order valence-corrected chi connectivity index (χ4v) is 4.49. The van der Waals surface area contributed by atoms with Crippen LogP contribution in [0.3, 0.4) is 0 Å². The van der Waals surface area contributed by atoms with Gasteiger partial charge in [0, 0.05) is 26.0 Å². The van der Waals surface area contributed by atoms with Crippen LogP contribution in [0, 0.1) is 0 Å². The molecule has 1 aromatic rings. The van der Waals surface area contributed by atoms with Gasteiger partial charge in [-0.15, -0.1) is 5.10 Å². The number of carbonyl (C=O) groups excluding carboxylic acids is 3. The standard InChI is InChI=1S/C17H20N4O4S/c1-5-8-20-14-7-6-12(25-4)9-13(14)17(15(20)24)21(11(3)23)19-16(26-17)18-10(2)22/h6-7,9H,5,8H2,1-4H3,(H,18,19,22)/t17-/m0/s1. The molecule has 1 N–H and O–H groups in total. The summed E-state index contributed by atoms with van der Waals surface area (Å²) in [5.74, 6) is -0.393. The van der Waals surface area contributed by atoms with Gasteiger partial charge in [-0.2, -0.15) is 5.01 Å². The highest BCUT2D eigenvalue weighted by molar-refractivity contribution is 8.15. The number of benzene rings is 1. The van der Waals surface area contributed by atoms with Crippen LogP contribution in [-0.4, -0.2) is 41.6 Å². The van der Waals surface area contributed by atoms with Gasteiger partial charge in [-0.05, 0) is 36.4 Å². The molecule has 0 unspecified atom stereocenters. The zero-order valence-electron chi connectivity index (χ0n) is 15.0. The Bertz CT molecular complexity index is 825. The summed E-state index contributed by atoms with van der Waals surface area (Å²) in [6.45, 7) is 5.19. The number of hydrazone groups is 1. The number of anilines is 1. The predicted molar refractivity (Wildman–Crippen MR) is 98.7 cm³/mol. The van der Waals surface area contributed by atoms with Crippen molar-refractivity contribution in [1.82, 2.24) is 10.3 Å². The van der Waals surface area contributed by atoms with E-state index in [1.165, 1.54) is 13.8 Å². The Hall–Kier alpha value is -2.55. The first-order valence-corrected chi connectivity index (χ1v) is 9.03. The van der Waals surface area contributed by atoms with Crippen LogP contribution in [-0.2, 0) is 19.3 Å². The number of rotatable bonds is 3. The summed E-state index contributed by atoms with van der Waals surface area (Å²) in [6, 6.07) is 5.34. The maximum atomic E-state index is 13.4. The molecule has 1 aromatic carbocycles. The second-order valence-electron chi connectivity index (χ2n) is 6.00. The first kappa shape index (κ1) is 18.2. The molecule has 8 nitrogen and oxygen atoms in total. The van der Waals surface area contributed by atoms with E-state index in [9.17, 15) is 14.4 Å². The van der Waals surface area contributed by atoms with E-state index >= 15 is 0 Å². The lowest BCUT2D eigenvalue weighted by atomic mass is 10.1. The number of fused-ring (bicyclic) bond motifs is 2. The summed E-state index contributed by atoms with van der Waals surface area (Å²) in [7, 11) is 1.54. The van der Waals surface area contributed by atoms with Gasteiger partial charge in [0.2, 0.25) is 16.7 Å². The predicted octanol–water partition coefficient (Wildman–Crippen LogP) is 1.61. The molecular weight excluding hydrogens is 356 g/mol. The third kappa shape index (κ3) is 2.63. The lowest BCUT2D eigenvalue weighted by Crippen LogP contribution is -2.48. The highest BCUT2D eigenvalue weighted by Gasteiger charge is 2.61. The number of hydrogen-bond donors (Lipinski definition) is 1. The molecule has 0 aromatic heterocycles. The normalized spacial score (nSPS) is 21.1. The first-order chi connectivity index (χ1) is 12.3. The van der Waals surface area contributed by atoms with E-state index in [-0.39, 0.29) is 17.0 Å². The van der Waals surface area contributed by atoms with Gasteiger partial charge in [-0.3, -0.25) is 14.4 Å². The third-order valence-corrected chi connectivity index (χ3v) is 5.40. The number of amides is 3. The van der Waals surface area contributed by atoms with E-state index in [1.54, 1.807) is 24.1 Å². The van der Waals surface area contributed by atoms with E-state index in [0.29, 0.717) is 17.9 Å². The van der Waals surface area contributed by atoms with Gasteiger partial charge in [0.05, 0.1) is 12.8 Å². The molecule has 9 heteroatoms. The third-order valence-electron chi connectivity index (χ3n) is 4.16. The second kappa shape index (κ2) is 6.64. The molecule has 0 saturated heterocycles. The van der Waals surface area contributed by atoms with Crippen molar-refractivity contribution in [2.24, 2.45) is 5.10 Å². The lowest BCUT2D eigenvalue weighted by Gasteiger charge is -2.29. The van der Waals surface area contributed by atoms with Crippen molar-refractivity contribution >= 4 is 40.3 Å². The van der Waals surface area contributed by atoms with Crippen molar-refractivity contribution in [3.05, 3.63) is 23.8 Å². The fraction of sp³-hybridized carbons (Fsp3) is 0.412. The second-order valence-corrected chi connectivity index (χ2v) is 7.18. The van der Waals surface area contributed by atoms with Crippen LogP contribution in [0.5, 0.6) is 5.75 Å². The number of amidine groups is 1. The largest absolute Gasteiger partial charge is 0.497 e. The topological polar surface area (TPSA) is 91.3 Å². The van der Waals surface area contributed by atoms with E-state index in [1.807, 2.05) is 13.0 Å². The van der Waals surface area contributed by atoms with Crippen LogP contribution in [0.4, 0.5) is 5.69 Å². The molecule has 26 heavy (non-hydrogen) atoms. The number of thioether (sulfide) groups is 1. The molecule has 2 aliphatic rings. The Labute approximate surface area is 155 Å². The molecule has 138 valence electrons. The number of carbonyl (C=O) groups is 3. The van der Waals surface area contributed by atoms with Crippen LogP contribution in [0.1, 0.15) is 32.8 Å². The maximum absolute atomic E-state index is 13.4. The minimum atomic E-state index is -1.37. The lowest BCUT2D eigenvalue weighted by molar-refractivity contribution is -0.139. The monoisotopic (exact) mass is 376 g/mol. The van der Waals surface area contributed by atoms with Crippen LogP contribution in [0.15, 0.2) is 23.3 Å². The van der Waals surface area contributed by atoms with Crippen LogP contribution in [0.25, 0.3) is 0 Å². The zero-order chi connectivity index (χ0) is 19.1. The van der Waals surface area contributed by atoms with Crippen LogP contribution >= 0.6 is 11.8 Å². The van der Waals surface area contributed by atoms with Crippen LogP contribution in [0.2, 0.25) is 0 Å². The number of ether oxygens (including phenoxy) is 1. The zero-order valence-corrected chi connectivity index (χ0v) is 15.8. The van der Waals surface area contributed by atoms with Gasteiger partial charge in [0.1, 0.15) is 5.75 Å². The summed E-state index contributed by atoms with van der Waals surface area (Å²) in [5, 5.41) is 8.16. The van der Waals surface area contributed by atoms with E-state index in [2.05, 4.69) is 10.4 Å². The van der Waals surface area contributed by atoms with Crippen molar-refractivity contribution in [3.63, 3.8) is 0 Å².